The van der Waals surface area contributed by atoms with Gasteiger partial charge in [0.2, 0.25) is 0 Å². The van der Waals surface area contributed by atoms with Crippen LogP contribution in [0.2, 0.25) is 0 Å². The van der Waals surface area contributed by atoms with Crippen molar-refractivity contribution in [2.45, 2.75) is 26.7 Å². The molecule has 2 heteroatoms. The van der Waals surface area contributed by atoms with Gasteiger partial charge in [-0.15, -0.1) is 0 Å². The smallest absolute Gasteiger partial charge is 0.282 e. The van der Waals surface area contributed by atoms with Crippen LogP contribution in [0.5, 0.6) is 0 Å². The van der Waals surface area contributed by atoms with Gasteiger partial charge >= 0.3 is 0 Å². The molecule has 0 fully saturated rings. The lowest BCUT2D eigenvalue weighted by molar-refractivity contribution is 0.460. The summed E-state index contributed by atoms with van der Waals surface area (Å²) in [7, 11) is 5.75. The zero-order valence-corrected chi connectivity index (χ0v) is 5.40. The van der Waals surface area contributed by atoms with Crippen molar-refractivity contribution in [3.8, 4) is 0 Å². The molecule has 0 N–H and O–H groups in total. The highest BCUT2D eigenvalue weighted by Crippen LogP contribution is 1.76. The van der Waals surface area contributed by atoms with Gasteiger partial charge in [0.1, 0.15) is 0 Å². The molecule has 0 aliphatic heterocycles. The van der Waals surface area contributed by atoms with Crippen LogP contribution in [0.4, 0.5) is 0 Å². The summed E-state index contributed by atoms with van der Waals surface area (Å²) < 4.78 is 3.75. The fourth-order valence-corrected chi connectivity index (χ4v) is 0. The molecule has 0 aromatic rings. The SMILES string of the molecule is CCCC.[B]OC. The van der Waals surface area contributed by atoms with Gasteiger partial charge in [-0.3, -0.25) is 0 Å². The lowest BCUT2D eigenvalue weighted by Gasteiger charge is -1.68. The zero-order valence-electron chi connectivity index (χ0n) is 5.40. The Balaban J connectivity index is 0. The third-order valence-corrected chi connectivity index (χ3v) is 0.500. The molecule has 0 saturated carbocycles. The summed E-state index contributed by atoms with van der Waals surface area (Å²) in [5.74, 6) is 0. The Labute approximate surface area is 47.5 Å². The van der Waals surface area contributed by atoms with E-state index in [0.29, 0.717) is 0 Å². The Bertz CT molecular complexity index is 15.6. The molecular weight excluding hydrogens is 86.9 g/mol. The first kappa shape index (κ1) is 10.1. The minimum atomic E-state index is 1.32. The molecule has 0 aliphatic rings. The Morgan fingerprint density at radius 1 is 1.29 bits per heavy atom. The number of unbranched alkanes of at least 4 members (excludes halogenated alkanes) is 1. The second-order valence-electron chi connectivity index (χ2n) is 1.24. The largest absolute Gasteiger partial charge is 0.450 e. The van der Waals surface area contributed by atoms with E-state index in [1.807, 2.05) is 0 Å². The monoisotopic (exact) mass is 100 g/mol. The maximum Gasteiger partial charge on any atom is 0.282 e. The molecule has 0 unspecified atom stereocenters. The van der Waals surface area contributed by atoms with Gasteiger partial charge in [0, 0.05) is 7.11 Å². The van der Waals surface area contributed by atoms with Gasteiger partial charge in [0.25, 0.3) is 8.05 Å². The topological polar surface area (TPSA) is 9.23 Å². The molecule has 0 rings (SSSR count). The lowest BCUT2D eigenvalue weighted by Crippen LogP contribution is -1.60. The van der Waals surface area contributed by atoms with Gasteiger partial charge in [-0.2, -0.15) is 0 Å². The van der Waals surface area contributed by atoms with E-state index in [1.165, 1.54) is 20.0 Å². The predicted molar refractivity (Wildman–Crippen MR) is 33.3 cm³/mol. The van der Waals surface area contributed by atoms with Crippen molar-refractivity contribution in [2.75, 3.05) is 7.11 Å². The van der Waals surface area contributed by atoms with Crippen molar-refractivity contribution in [1.29, 1.82) is 0 Å². The molecule has 0 heterocycles. The highest BCUT2D eigenvalue weighted by Gasteiger charge is 1.56. The highest BCUT2D eigenvalue weighted by molar-refractivity contribution is 5.97. The van der Waals surface area contributed by atoms with Crippen molar-refractivity contribution in [3.63, 3.8) is 0 Å². The van der Waals surface area contributed by atoms with E-state index < -0.39 is 0 Å². The molecule has 0 aliphatic carbocycles. The first-order valence-corrected chi connectivity index (χ1v) is 2.56. The average Bonchev–Trinajstić information content (AvgIpc) is 1.69. The van der Waals surface area contributed by atoms with E-state index >= 15 is 0 Å². The van der Waals surface area contributed by atoms with Crippen molar-refractivity contribution in [3.05, 3.63) is 0 Å². The van der Waals surface area contributed by atoms with Crippen molar-refractivity contribution in [1.82, 2.24) is 0 Å². The maximum absolute atomic E-state index is 4.35. The fraction of sp³-hybridized carbons (Fsp3) is 1.00. The summed E-state index contributed by atoms with van der Waals surface area (Å²) >= 11 is 0. The second-order valence-corrected chi connectivity index (χ2v) is 1.24. The summed E-state index contributed by atoms with van der Waals surface area (Å²) in [6.07, 6.45) is 2.64. The van der Waals surface area contributed by atoms with E-state index in [2.05, 4.69) is 26.6 Å². The van der Waals surface area contributed by atoms with Gasteiger partial charge in [-0.25, -0.2) is 0 Å². The standard InChI is InChI=1S/C4H10.CH3BO/c1-3-4-2;1-3-2/h3-4H2,1-2H3;1H3. The van der Waals surface area contributed by atoms with Crippen LogP contribution in [0.1, 0.15) is 26.7 Å². The van der Waals surface area contributed by atoms with E-state index in [1.54, 1.807) is 0 Å². The second kappa shape index (κ2) is 16.6. The first-order chi connectivity index (χ1) is 3.33. The molecular formula is C5H13BO. The van der Waals surface area contributed by atoms with Crippen LogP contribution in [0.25, 0.3) is 0 Å². The zero-order chi connectivity index (χ0) is 6.12. The van der Waals surface area contributed by atoms with Crippen LogP contribution < -0.4 is 0 Å². The van der Waals surface area contributed by atoms with Gasteiger partial charge in [-0.1, -0.05) is 26.7 Å². The van der Waals surface area contributed by atoms with Gasteiger partial charge in [0.05, 0.1) is 0 Å². The number of hydrogen-bond acceptors (Lipinski definition) is 1. The molecule has 2 radical (unpaired) electrons. The first-order valence-electron chi connectivity index (χ1n) is 2.56. The predicted octanol–water partition coefficient (Wildman–Crippen LogP) is 1.52. The Hall–Kier alpha value is 0.0249. The molecule has 42 valence electrons. The highest BCUT2D eigenvalue weighted by atomic mass is 16.4. The number of rotatable bonds is 1. The molecule has 0 atom stereocenters. The fourth-order valence-electron chi connectivity index (χ4n) is 0. The summed E-state index contributed by atoms with van der Waals surface area (Å²) in [5.41, 5.74) is 0. The van der Waals surface area contributed by atoms with Gasteiger partial charge in [-0.05, 0) is 0 Å². The van der Waals surface area contributed by atoms with Crippen LogP contribution in [0, 0.1) is 0 Å². The van der Waals surface area contributed by atoms with Crippen LogP contribution in [0.15, 0.2) is 0 Å². The molecule has 0 aromatic heterocycles. The van der Waals surface area contributed by atoms with E-state index in [-0.39, 0.29) is 0 Å². The Morgan fingerprint density at radius 2 is 1.43 bits per heavy atom. The summed E-state index contributed by atoms with van der Waals surface area (Å²) in [6, 6.07) is 0. The molecule has 7 heavy (non-hydrogen) atoms. The van der Waals surface area contributed by atoms with Gasteiger partial charge in [0.15, 0.2) is 0 Å². The van der Waals surface area contributed by atoms with Gasteiger partial charge < -0.3 is 4.65 Å². The Morgan fingerprint density at radius 3 is 1.43 bits per heavy atom. The van der Waals surface area contributed by atoms with Crippen LogP contribution in [0.3, 0.4) is 0 Å². The molecule has 0 aromatic carbocycles. The minimum absolute atomic E-state index is 1.32. The third-order valence-electron chi connectivity index (χ3n) is 0.500. The molecule has 0 bridgehead atoms. The minimum Gasteiger partial charge on any atom is -0.450 e. The average molecular weight is 100.0 g/mol. The summed E-state index contributed by atoms with van der Waals surface area (Å²) in [6.45, 7) is 4.36. The maximum atomic E-state index is 4.35. The van der Waals surface area contributed by atoms with Crippen molar-refractivity contribution < 1.29 is 4.65 Å². The quantitative estimate of drug-likeness (QED) is 0.454. The van der Waals surface area contributed by atoms with E-state index in [0.717, 1.165) is 0 Å². The summed E-state index contributed by atoms with van der Waals surface area (Å²) in [4.78, 5) is 0. The Kier molecular flexibility index (Phi) is 24.0. The molecule has 0 saturated heterocycles. The van der Waals surface area contributed by atoms with Crippen molar-refractivity contribution >= 4 is 8.05 Å². The lowest BCUT2D eigenvalue weighted by atomic mass is 10.4. The summed E-state index contributed by atoms with van der Waals surface area (Å²) in [5, 5.41) is 0. The normalized spacial score (nSPS) is 6.71. The van der Waals surface area contributed by atoms with Crippen LogP contribution >= 0.6 is 0 Å². The molecule has 0 spiro atoms. The van der Waals surface area contributed by atoms with Crippen LogP contribution in [-0.4, -0.2) is 15.2 Å². The van der Waals surface area contributed by atoms with Crippen molar-refractivity contribution in [2.24, 2.45) is 0 Å². The number of hydrogen-bond donors (Lipinski definition) is 0. The van der Waals surface area contributed by atoms with Crippen LogP contribution in [-0.2, 0) is 4.65 Å². The van der Waals surface area contributed by atoms with E-state index in [4.69, 9.17) is 0 Å². The third kappa shape index (κ3) is 92.9. The molecule has 0 amide bonds. The molecule has 1 nitrogen and oxygen atoms in total. The van der Waals surface area contributed by atoms with E-state index in [9.17, 15) is 0 Å².